The Hall–Kier alpha value is -1.94. The third kappa shape index (κ3) is 70.5. The van der Waals surface area contributed by atoms with E-state index >= 15 is 0 Å². The molecule has 0 aliphatic heterocycles. The van der Waals surface area contributed by atoms with Gasteiger partial charge in [0.25, 0.3) is 0 Å². The molecule has 0 aromatic rings. The first-order valence-corrected chi connectivity index (χ1v) is 42.8. The Kier molecular flexibility index (Phi) is 66.2. The Labute approximate surface area is 588 Å². The van der Waals surface area contributed by atoms with E-state index in [9.17, 15) is 43.2 Å². The van der Waals surface area contributed by atoms with Crippen molar-refractivity contribution < 1.29 is 80.2 Å². The van der Waals surface area contributed by atoms with E-state index in [1.165, 1.54) is 205 Å². The highest BCUT2D eigenvalue weighted by molar-refractivity contribution is 7.47. The monoisotopic (exact) mass is 1410 g/mol. The van der Waals surface area contributed by atoms with E-state index in [1.807, 2.05) is 0 Å². The van der Waals surface area contributed by atoms with E-state index < -0.39 is 97.5 Å². The summed E-state index contributed by atoms with van der Waals surface area (Å²) < 4.78 is 68.5. The lowest BCUT2D eigenvalue weighted by Gasteiger charge is -2.21. The van der Waals surface area contributed by atoms with Gasteiger partial charge in [-0.1, -0.05) is 344 Å². The second kappa shape index (κ2) is 67.5. The maximum atomic E-state index is 13.1. The Balaban J connectivity index is 5.23. The van der Waals surface area contributed by atoms with Crippen LogP contribution >= 0.6 is 15.6 Å². The lowest BCUT2D eigenvalue weighted by molar-refractivity contribution is -0.161. The lowest BCUT2D eigenvalue weighted by Crippen LogP contribution is -2.30. The van der Waals surface area contributed by atoms with Crippen LogP contribution in [0.3, 0.4) is 0 Å². The maximum Gasteiger partial charge on any atom is 0.472 e. The number of carbonyl (C=O) groups excluding carboxylic acids is 4. The van der Waals surface area contributed by atoms with Crippen LogP contribution < -0.4 is 0 Å². The van der Waals surface area contributed by atoms with Gasteiger partial charge in [0.2, 0.25) is 0 Å². The Morgan fingerprint density at radius 3 is 0.708 bits per heavy atom. The number of phosphoric ester groups is 2. The van der Waals surface area contributed by atoms with Crippen molar-refractivity contribution in [3.8, 4) is 0 Å². The van der Waals surface area contributed by atoms with Crippen LogP contribution in [0.25, 0.3) is 0 Å². The van der Waals surface area contributed by atoms with Gasteiger partial charge in [0, 0.05) is 25.7 Å². The quantitative estimate of drug-likeness (QED) is 0.0222. The smallest absolute Gasteiger partial charge is 0.462 e. The molecule has 0 rings (SSSR count). The van der Waals surface area contributed by atoms with E-state index in [2.05, 4.69) is 48.5 Å². The molecule has 0 saturated carbocycles. The van der Waals surface area contributed by atoms with Crippen molar-refractivity contribution in [1.82, 2.24) is 0 Å². The van der Waals surface area contributed by atoms with E-state index in [0.717, 1.165) is 108 Å². The van der Waals surface area contributed by atoms with Crippen molar-refractivity contribution in [2.24, 2.45) is 17.8 Å². The first-order chi connectivity index (χ1) is 46.2. The third-order valence-electron chi connectivity index (χ3n) is 17.9. The Bertz CT molecular complexity index is 1870. The van der Waals surface area contributed by atoms with Crippen LogP contribution in [0.1, 0.15) is 395 Å². The summed E-state index contributed by atoms with van der Waals surface area (Å²) in [7, 11) is -9.91. The van der Waals surface area contributed by atoms with Gasteiger partial charge in [0.05, 0.1) is 26.4 Å². The zero-order valence-corrected chi connectivity index (χ0v) is 64.6. The van der Waals surface area contributed by atoms with E-state index in [0.29, 0.717) is 25.7 Å². The number of ether oxygens (including phenoxy) is 4. The minimum Gasteiger partial charge on any atom is -0.462 e. The molecule has 0 fully saturated rings. The minimum atomic E-state index is -4.96. The SMILES string of the molecule is CCCCCCCCCCCC(=O)OC[C@H](COP(=O)(O)OC[C@H](O)COP(=O)(O)OC[C@@H](COC(=O)CCCCCCCCCCCCCC(C)C)OC(=O)CCCCCCCCCCCCCCCCCCC(C)C)OC(=O)CCCCCCCCCCCCCC(C)C. The molecule has 0 radical (unpaired) electrons. The summed E-state index contributed by atoms with van der Waals surface area (Å²) in [4.78, 5) is 72.8. The van der Waals surface area contributed by atoms with Gasteiger partial charge in [0.1, 0.15) is 19.3 Å². The number of aliphatic hydroxyl groups is 1. The number of esters is 4. The minimum absolute atomic E-state index is 0.106. The number of hydrogen-bond donors (Lipinski definition) is 3. The molecule has 3 N–H and O–H groups in total. The average Bonchev–Trinajstić information content (AvgIpc) is 1.33. The van der Waals surface area contributed by atoms with Gasteiger partial charge < -0.3 is 33.8 Å². The van der Waals surface area contributed by atoms with Crippen LogP contribution in [0.15, 0.2) is 0 Å². The second-order valence-electron chi connectivity index (χ2n) is 29.2. The predicted octanol–water partition coefficient (Wildman–Crippen LogP) is 22.6. The van der Waals surface area contributed by atoms with Crippen molar-refractivity contribution in [2.75, 3.05) is 39.6 Å². The molecule has 0 bridgehead atoms. The number of rotatable bonds is 75. The fourth-order valence-electron chi connectivity index (χ4n) is 11.8. The summed E-state index contributed by atoms with van der Waals surface area (Å²) in [6, 6.07) is 0. The molecule has 570 valence electrons. The molecular formula is C77H150O17P2. The summed E-state index contributed by atoms with van der Waals surface area (Å²) in [5, 5.41) is 10.6. The van der Waals surface area contributed by atoms with Gasteiger partial charge in [-0.3, -0.25) is 37.3 Å². The summed E-state index contributed by atoms with van der Waals surface area (Å²) in [6.45, 7) is 11.9. The highest BCUT2D eigenvalue weighted by Crippen LogP contribution is 2.45. The Morgan fingerprint density at radius 1 is 0.281 bits per heavy atom. The zero-order valence-electron chi connectivity index (χ0n) is 62.8. The van der Waals surface area contributed by atoms with Gasteiger partial charge in [-0.25, -0.2) is 9.13 Å². The van der Waals surface area contributed by atoms with Crippen LogP contribution in [0.5, 0.6) is 0 Å². The first kappa shape index (κ1) is 94.1. The number of aliphatic hydroxyl groups excluding tert-OH is 1. The Morgan fingerprint density at radius 2 is 0.479 bits per heavy atom. The van der Waals surface area contributed by atoms with E-state index in [1.54, 1.807) is 0 Å². The van der Waals surface area contributed by atoms with Crippen molar-refractivity contribution in [3.63, 3.8) is 0 Å². The summed E-state index contributed by atoms with van der Waals surface area (Å²) in [6.07, 6.45) is 54.1. The molecule has 0 aromatic heterocycles. The van der Waals surface area contributed by atoms with Gasteiger partial charge in [-0.2, -0.15) is 0 Å². The molecule has 0 aromatic carbocycles. The van der Waals surface area contributed by atoms with Crippen LogP contribution in [-0.4, -0.2) is 96.7 Å². The molecule has 0 amide bonds. The molecule has 0 saturated heterocycles. The fourth-order valence-corrected chi connectivity index (χ4v) is 13.4. The third-order valence-corrected chi connectivity index (χ3v) is 19.8. The van der Waals surface area contributed by atoms with E-state index in [-0.39, 0.29) is 25.7 Å². The van der Waals surface area contributed by atoms with Crippen molar-refractivity contribution in [3.05, 3.63) is 0 Å². The molecule has 19 heteroatoms. The predicted molar refractivity (Wildman–Crippen MR) is 391 cm³/mol. The van der Waals surface area contributed by atoms with Gasteiger partial charge in [0.15, 0.2) is 12.2 Å². The second-order valence-corrected chi connectivity index (χ2v) is 32.1. The first-order valence-electron chi connectivity index (χ1n) is 39.8. The summed E-state index contributed by atoms with van der Waals surface area (Å²) in [5.41, 5.74) is 0. The average molecular weight is 1410 g/mol. The van der Waals surface area contributed by atoms with Crippen LogP contribution in [0.4, 0.5) is 0 Å². The van der Waals surface area contributed by atoms with Crippen LogP contribution in [0, 0.1) is 17.8 Å². The zero-order chi connectivity index (χ0) is 70.9. The highest BCUT2D eigenvalue weighted by atomic mass is 31.2. The van der Waals surface area contributed by atoms with Gasteiger partial charge in [-0.15, -0.1) is 0 Å². The van der Waals surface area contributed by atoms with Crippen molar-refractivity contribution >= 4 is 39.5 Å². The number of hydrogen-bond acceptors (Lipinski definition) is 15. The van der Waals surface area contributed by atoms with E-state index in [4.69, 9.17) is 37.0 Å². The molecular weight excluding hydrogens is 1260 g/mol. The topological polar surface area (TPSA) is 237 Å². The molecule has 5 atom stereocenters. The fraction of sp³-hybridized carbons (Fsp3) is 0.948. The molecule has 0 aliphatic rings. The number of unbranched alkanes of at least 4 members (excludes halogenated alkanes) is 43. The van der Waals surface area contributed by atoms with Crippen LogP contribution in [-0.2, 0) is 65.4 Å². The maximum absolute atomic E-state index is 13.1. The molecule has 17 nitrogen and oxygen atoms in total. The van der Waals surface area contributed by atoms with Gasteiger partial charge >= 0.3 is 39.5 Å². The number of carbonyl (C=O) groups is 4. The molecule has 0 spiro atoms. The summed E-state index contributed by atoms with van der Waals surface area (Å²) in [5.74, 6) is 0.229. The molecule has 2 unspecified atom stereocenters. The van der Waals surface area contributed by atoms with Crippen molar-refractivity contribution in [2.45, 2.75) is 414 Å². The van der Waals surface area contributed by atoms with Gasteiger partial charge in [-0.05, 0) is 43.4 Å². The highest BCUT2D eigenvalue weighted by Gasteiger charge is 2.30. The standard InChI is InChI=1S/C77H150O17P2/c1-8-9-10-11-12-27-37-44-51-58-74(79)87-64-72(93-77(82)61-54-47-40-33-26-20-23-30-36-43-50-57-70(6)7)66-91-95(83,84)89-62-71(78)63-90-96(85,86)92-67-73(65-88-75(80)59-52-45-38-31-25-19-22-29-35-42-49-56-69(4)5)94-76(81)60-53-46-39-32-24-18-16-14-13-15-17-21-28-34-41-48-55-68(2)3/h68-73,78H,8-67H2,1-7H3,(H,83,84)(H,85,86)/t71-,72+,73+/m0/s1. The van der Waals surface area contributed by atoms with Crippen molar-refractivity contribution in [1.29, 1.82) is 0 Å². The number of phosphoric acid groups is 2. The largest absolute Gasteiger partial charge is 0.472 e. The van der Waals surface area contributed by atoms with Crippen LogP contribution in [0.2, 0.25) is 0 Å². The molecule has 0 heterocycles. The lowest BCUT2D eigenvalue weighted by atomic mass is 10.0. The normalized spacial score (nSPS) is 14.1. The molecule has 0 aliphatic carbocycles. The summed E-state index contributed by atoms with van der Waals surface area (Å²) >= 11 is 0. The molecule has 96 heavy (non-hydrogen) atoms.